The van der Waals surface area contributed by atoms with Crippen molar-refractivity contribution >= 4 is 0 Å². The lowest BCUT2D eigenvalue weighted by atomic mass is 9.92. The molecule has 2 rings (SSSR count). The van der Waals surface area contributed by atoms with Gasteiger partial charge in [-0.05, 0) is 63.5 Å². The van der Waals surface area contributed by atoms with Crippen LogP contribution in [-0.4, -0.2) is 36.1 Å². The standard InChI is InChI=1S/C17H34N2/c1-13(2)10-16(11-14(3)4)18-15-7-9-19-8-5-6-17(19)12-15/h13-18H,5-12H2,1-4H3. The molecule has 1 N–H and O–H groups in total. The molecule has 2 unspecified atom stereocenters. The van der Waals surface area contributed by atoms with Gasteiger partial charge in [-0.1, -0.05) is 27.7 Å². The van der Waals surface area contributed by atoms with Crippen LogP contribution in [0.25, 0.3) is 0 Å². The highest BCUT2D eigenvalue weighted by molar-refractivity contribution is 4.90. The largest absolute Gasteiger partial charge is 0.311 e. The van der Waals surface area contributed by atoms with Crippen LogP contribution in [0.2, 0.25) is 0 Å². The van der Waals surface area contributed by atoms with Crippen LogP contribution in [0.4, 0.5) is 0 Å². The Balaban J connectivity index is 1.82. The van der Waals surface area contributed by atoms with Crippen LogP contribution in [0.5, 0.6) is 0 Å². The predicted octanol–water partition coefficient (Wildman–Crippen LogP) is 3.66. The molecule has 2 aliphatic heterocycles. The quantitative estimate of drug-likeness (QED) is 0.789. The predicted molar refractivity (Wildman–Crippen MR) is 83.5 cm³/mol. The lowest BCUT2D eigenvalue weighted by molar-refractivity contribution is 0.155. The average molecular weight is 266 g/mol. The molecular formula is C17H34N2. The Hall–Kier alpha value is -0.0800. The van der Waals surface area contributed by atoms with E-state index >= 15 is 0 Å². The Morgan fingerprint density at radius 2 is 1.68 bits per heavy atom. The molecule has 19 heavy (non-hydrogen) atoms. The van der Waals surface area contributed by atoms with E-state index in [1.807, 2.05) is 0 Å². The fourth-order valence-corrected chi connectivity index (χ4v) is 4.08. The van der Waals surface area contributed by atoms with Gasteiger partial charge in [0.1, 0.15) is 0 Å². The van der Waals surface area contributed by atoms with Gasteiger partial charge in [0.2, 0.25) is 0 Å². The van der Waals surface area contributed by atoms with E-state index in [0.29, 0.717) is 0 Å². The molecular weight excluding hydrogens is 232 g/mol. The van der Waals surface area contributed by atoms with E-state index in [2.05, 4.69) is 37.9 Å². The first kappa shape index (κ1) is 15.3. The van der Waals surface area contributed by atoms with Crippen LogP contribution in [0.1, 0.15) is 66.2 Å². The molecule has 0 aromatic carbocycles. The molecule has 2 nitrogen and oxygen atoms in total. The summed E-state index contributed by atoms with van der Waals surface area (Å²) in [6.07, 6.45) is 8.30. The van der Waals surface area contributed by atoms with Crippen LogP contribution in [0.3, 0.4) is 0 Å². The monoisotopic (exact) mass is 266 g/mol. The van der Waals surface area contributed by atoms with Gasteiger partial charge in [-0.3, -0.25) is 0 Å². The maximum atomic E-state index is 4.00. The number of hydrogen-bond donors (Lipinski definition) is 1. The van der Waals surface area contributed by atoms with Gasteiger partial charge in [0, 0.05) is 18.1 Å². The summed E-state index contributed by atoms with van der Waals surface area (Å²) >= 11 is 0. The minimum absolute atomic E-state index is 0.734. The maximum Gasteiger partial charge on any atom is 0.0111 e. The zero-order valence-electron chi connectivity index (χ0n) is 13.5. The molecule has 0 aromatic heterocycles. The van der Waals surface area contributed by atoms with Crippen molar-refractivity contribution in [1.82, 2.24) is 10.2 Å². The smallest absolute Gasteiger partial charge is 0.0111 e. The molecule has 0 spiro atoms. The van der Waals surface area contributed by atoms with E-state index in [9.17, 15) is 0 Å². The van der Waals surface area contributed by atoms with E-state index < -0.39 is 0 Å². The second kappa shape index (κ2) is 7.08. The topological polar surface area (TPSA) is 15.3 Å². The summed E-state index contributed by atoms with van der Waals surface area (Å²) < 4.78 is 0. The van der Waals surface area contributed by atoms with E-state index in [1.54, 1.807) is 0 Å². The molecule has 112 valence electrons. The Morgan fingerprint density at radius 1 is 1.00 bits per heavy atom. The van der Waals surface area contributed by atoms with Crippen LogP contribution in [-0.2, 0) is 0 Å². The number of piperidine rings is 1. The highest BCUT2D eigenvalue weighted by atomic mass is 15.2. The normalized spacial score (nSPS) is 28.6. The minimum atomic E-state index is 0.734. The molecule has 2 heterocycles. The Labute approximate surface area is 120 Å². The Bertz CT molecular complexity index is 252. The van der Waals surface area contributed by atoms with Crippen molar-refractivity contribution in [2.24, 2.45) is 11.8 Å². The van der Waals surface area contributed by atoms with Gasteiger partial charge in [-0.15, -0.1) is 0 Å². The van der Waals surface area contributed by atoms with Gasteiger partial charge >= 0.3 is 0 Å². The van der Waals surface area contributed by atoms with Gasteiger partial charge in [0.15, 0.2) is 0 Å². The van der Waals surface area contributed by atoms with Gasteiger partial charge in [0.05, 0.1) is 0 Å². The number of nitrogens with one attached hydrogen (secondary N) is 1. The molecule has 0 bridgehead atoms. The van der Waals surface area contributed by atoms with Crippen LogP contribution < -0.4 is 5.32 Å². The molecule has 0 aromatic rings. The van der Waals surface area contributed by atoms with Gasteiger partial charge in [-0.25, -0.2) is 0 Å². The second-order valence-corrected chi connectivity index (χ2v) is 7.68. The van der Waals surface area contributed by atoms with Crippen molar-refractivity contribution in [3.8, 4) is 0 Å². The summed E-state index contributed by atoms with van der Waals surface area (Å²) in [6, 6.07) is 2.41. The third kappa shape index (κ3) is 4.75. The molecule has 0 saturated carbocycles. The molecule has 0 aliphatic carbocycles. The van der Waals surface area contributed by atoms with Crippen molar-refractivity contribution < 1.29 is 0 Å². The van der Waals surface area contributed by atoms with Gasteiger partial charge in [-0.2, -0.15) is 0 Å². The molecule has 2 fully saturated rings. The van der Waals surface area contributed by atoms with Crippen molar-refractivity contribution in [2.75, 3.05) is 13.1 Å². The molecule has 2 atom stereocenters. The fraction of sp³-hybridized carbons (Fsp3) is 1.00. The molecule has 2 heteroatoms. The number of hydrogen-bond acceptors (Lipinski definition) is 2. The average Bonchev–Trinajstić information content (AvgIpc) is 2.74. The van der Waals surface area contributed by atoms with Crippen molar-refractivity contribution in [1.29, 1.82) is 0 Å². The minimum Gasteiger partial charge on any atom is -0.311 e. The first-order valence-corrected chi connectivity index (χ1v) is 8.54. The molecule has 2 aliphatic rings. The van der Waals surface area contributed by atoms with Crippen LogP contribution >= 0.6 is 0 Å². The third-order valence-electron chi connectivity index (χ3n) is 4.80. The van der Waals surface area contributed by atoms with Crippen molar-refractivity contribution in [2.45, 2.75) is 84.3 Å². The van der Waals surface area contributed by atoms with Gasteiger partial charge in [0.25, 0.3) is 0 Å². The first-order chi connectivity index (χ1) is 9.04. The number of rotatable bonds is 6. The first-order valence-electron chi connectivity index (χ1n) is 8.54. The maximum absolute atomic E-state index is 4.00. The fourth-order valence-electron chi connectivity index (χ4n) is 4.08. The highest BCUT2D eigenvalue weighted by Crippen LogP contribution is 2.27. The van der Waals surface area contributed by atoms with E-state index in [4.69, 9.17) is 0 Å². The lowest BCUT2D eigenvalue weighted by Crippen LogP contribution is -2.49. The zero-order chi connectivity index (χ0) is 13.8. The summed E-state index contributed by atoms with van der Waals surface area (Å²) in [6.45, 7) is 12.1. The summed E-state index contributed by atoms with van der Waals surface area (Å²) in [5.74, 6) is 1.62. The number of nitrogens with zero attached hydrogens (tertiary/aromatic N) is 1. The molecule has 2 saturated heterocycles. The summed E-state index contributed by atoms with van der Waals surface area (Å²) in [5, 5.41) is 4.00. The summed E-state index contributed by atoms with van der Waals surface area (Å²) in [4.78, 5) is 2.72. The zero-order valence-corrected chi connectivity index (χ0v) is 13.5. The summed E-state index contributed by atoms with van der Waals surface area (Å²) in [7, 11) is 0. The molecule has 0 amide bonds. The summed E-state index contributed by atoms with van der Waals surface area (Å²) in [5.41, 5.74) is 0. The van der Waals surface area contributed by atoms with E-state index in [-0.39, 0.29) is 0 Å². The van der Waals surface area contributed by atoms with Crippen LogP contribution in [0.15, 0.2) is 0 Å². The molecule has 0 radical (unpaired) electrons. The number of fused-ring (bicyclic) bond motifs is 1. The van der Waals surface area contributed by atoms with Crippen molar-refractivity contribution in [3.05, 3.63) is 0 Å². The third-order valence-corrected chi connectivity index (χ3v) is 4.80. The lowest BCUT2D eigenvalue weighted by Gasteiger charge is -2.37. The van der Waals surface area contributed by atoms with Gasteiger partial charge < -0.3 is 10.2 Å². The SMILES string of the molecule is CC(C)CC(CC(C)C)NC1CCN2CCCC2C1. The Kier molecular flexibility index (Phi) is 5.70. The Morgan fingerprint density at radius 3 is 2.32 bits per heavy atom. The van der Waals surface area contributed by atoms with E-state index in [0.717, 1.165) is 30.0 Å². The van der Waals surface area contributed by atoms with E-state index in [1.165, 1.54) is 51.6 Å². The highest BCUT2D eigenvalue weighted by Gasteiger charge is 2.32. The van der Waals surface area contributed by atoms with Crippen LogP contribution in [0, 0.1) is 11.8 Å². The second-order valence-electron chi connectivity index (χ2n) is 7.68. The van der Waals surface area contributed by atoms with Crippen molar-refractivity contribution in [3.63, 3.8) is 0 Å².